The van der Waals surface area contributed by atoms with Crippen LogP contribution in [0.3, 0.4) is 0 Å². The molecule has 20 nitrogen and oxygen atoms in total. The van der Waals surface area contributed by atoms with Crippen LogP contribution in [-0.4, -0.2) is 163 Å². The topological polar surface area (TPSA) is 372 Å². The Morgan fingerprint density at radius 3 is 1.73 bits per heavy atom. The second-order valence-electron chi connectivity index (χ2n) is 9.80. The molecule has 0 radical (unpaired) electrons. The van der Waals surface area contributed by atoms with E-state index in [1.54, 1.807) is 0 Å². The highest BCUT2D eigenvalue weighted by atomic mass is 16.7. The van der Waals surface area contributed by atoms with Gasteiger partial charge in [-0.15, -0.1) is 0 Å². The summed E-state index contributed by atoms with van der Waals surface area (Å²) < 4.78 is 27.2. The summed E-state index contributed by atoms with van der Waals surface area (Å²) in [5, 5.41) is 82.0. The van der Waals surface area contributed by atoms with Crippen molar-refractivity contribution in [2.75, 3.05) is 19.8 Å². The molecule has 0 aliphatic carbocycles. The van der Waals surface area contributed by atoms with Crippen molar-refractivity contribution in [3.05, 3.63) is 0 Å². The average molecular weight is 588 g/mol. The fraction of sp³-hybridized carbons (Fsp3) is 0.900. The maximum Gasteiger partial charge on any atom is 0.255 e. The zero-order valence-corrected chi connectivity index (χ0v) is 20.9. The minimum absolute atomic E-state index is 0.728. The normalized spacial score (nSPS) is 49.9. The molecular formula is C20H37N5O15. The lowest BCUT2D eigenvalue weighted by Crippen LogP contribution is -2.83. The van der Waals surface area contributed by atoms with E-state index in [0.29, 0.717) is 0 Å². The van der Waals surface area contributed by atoms with Crippen molar-refractivity contribution in [1.82, 2.24) is 0 Å². The first-order valence-corrected chi connectivity index (χ1v) is 12.1. The number of aliphatic hydroxyl groups is 8. The number of hydrogen-bond acceptors (Lipinski definition) is 18. The summed E-state index contributed by atoms with van der Waals surface area (Å²) in [7, 11) is 0. The number of carbonyl (C=O) groups is 2. The van der Waals surface area contributed by atoms with Gasteiger partial charge in [-0.3, -0.25) is 9.59 Å². The van der Waals surface area contributed by atoms with Crippen molar-refractivity contribution in [2.24, 2.45) is 28.7 Å². The summed E-state index contributed by atoms with van der Waals surface area (Å²) >= 11 is 0. The van der Waals surface area contributed by atoms with Crippen LogP contribution >= 0.6 is 0 Å². The molecule has 0 saturated carbocycles. The van der Waals surface area contributed by atoms with Gasteiger partial charge in [0.2, 0.25) is 11.2 Å². The number of nitrogens with two attached hydrogens (primary N) is 5. The van der Waals surface area contributed by atoms with Crippen LogP contribution in [0, 0.1) is 0 Å². The van der Waals surface area contributed by atoms with E-state index >= 15 is 0 Å². The largest absolute Gasteiger partial charge is 0.394 e. The standard InChI is InChI=1S/C20H37N5O15/c21-6-9(29)11(4(1-26)36-14(6)32)38-15-7(22)10(30)12(5(2-27)37-15)39-16-8(23)13(31)20(35,18(25)34)19(3-28,40-16)17(24)33/h4-16,26-32,35H,1-3,21-23H2,(H2,24,33)(H2,25,34)/t4-,5-,6-,7-,8-,9-,10-,11?,12?,13-,14-,15+,16+,19+,20-/m1/s1. The number of hydrogen-bond donors (Lipinski definition) is 13. The van der Waals surface area contributed by atoms with E-state index in [1.807, 2.05) is 0 Å². The second-order valence-corrected chi connectivity index (χ2v) is 9.80. The molecule has 3 aliphatic rings. The Morgan fingerprint density at radius 2 is 1.25 bits per heavy atom. The predicted octanol–water partition coefficient (Wildman–Crippen LogP) is -9.96. The summed E-state index contributed by atoms with van der Waals surface area (Å²) in [6.45, 7) is -3.08. The Kier molecular flexibility index (Phi) is 10.1. The summed E-state index contributed by atoms with van der Waals surface area (Å²) in [6, 6.07) is -4.73. The van der Waals surface area contributed by atoms with Gasteiger partial charge in [-0.2, -0.15) is 0 Å². The number of rotatable bonds is 9. The molecule has 40 heavy (non-hydrogen) atoms. The summed E-state index contributed by atoms with van der Waals surface area (Å²) in [6.07, 6.45) is -16.9. The Hall–Kier alpha value is -1.70. The van der Waals surface area contributed by atoms with Gasteiger partial charge in [0.15, 0.2) is 18.9 Å². The van der Waals surface area contributed by atoms with Gasteiger partial charge < -0.3 is 93.2 Å². The van der Waals surface area contributed by atoms with Crippen molar-refractivity contribution in [3.63, 3.8) is 0 Å². The molecule has 3 heterocycles. The highest BCUT2D eigenvalue weighted by Crippen LogP contribution is 2.39. The lowest BCUT2D eigenvalue weighted by Gasteiger charge is -2.53. The van der Waals surface area contributed by atoms with Gasteiger partial charge in [-0.1, -0.05) is 0 Å². The van der Waals surface area contributed by atoms with Crippen molar-refractivity contribution in [3.8, 4) is 0 Å². The third-order valence-corrected chi connectivity index (χ3v) is 7.44. The van der Waals surface area contributed by atoms with Gasteiger partial charge in [0.1, 0.15) is 42.7 Å². The first-order chi connectivity index (χ1) is 18.6. The van der Waals surface area contributed by atoms with Crippen LogP contribution in [0.25, 0.3) is 0 Å². The SMILES string of the molecule is NC(=O)[C@]1(CO)O[C@H](OC2[C@@H](CO)O[C@@H](OC3[C@@H](CO)O[C@@H](O)[C@H](N)[C@H]3O)[C@H](N)[C@H]2O)[C@H](N)[C@@H](O)[C@@]1(O)C(N)=O. The van der Waals surface area contributed by atoms with E-state index in [-0.39, 0.29) is 0 Å². The van der Waals surface area contributed by atoms with E-state index in [1.165, 1.54) is 0 Å². The maximum absolute atomic E-state index is 12.2. The quantitative estimate of drug-likeness (QED) is 0.119. The number of aliphatic hydroxyl groups excluding tert-OH is 7. The summed E-state index contributed by atoms with van der Waals surface area (Å²) in [4.78, 5) is 24.3. The number of amides is 2. The zero-order chi connectivity index (χ0) is 30.3. The lowest BCUT2D eigenvalue weighted by molar-refractivity contribution is -0.363. The van der Waals surface area contributed by atoms with Crippen molar-refractivity contribution in [1.29, 1.82) is 0 Å². The molecule has 0 aromatic carbocycles. The molecule has 2 amide bonds. The van der Waals surface area contributed by atoms with Crippen LogP contribution in [0.15, 0.2) is 0 Å². The van der Waals surface area contributed by atoms with E-state index < -0.39 is 123 Å². The third-order valence-electron chi connectivity index (χ3n) is 7.44. The fourth-order valence-electron chi connectivity index (χ4n) is 4.94. The monoisotopic (exact) mass is 587 g/mol. The van der Waals surface area contributed by atoms with Crippen molar-refractivity contribution in [2.45, 2.75) is 90.9 Å². The highest BCUT2D eigenvalue weighted by molar-refractivity contribution is 5.97. The molecule has 3 aliphatic heterocycles. The number of primary amides is 2. The van der Waals surface area contributed by atoms with Gasteiger partial charge >= 0.3 is 0 Å². The maximum atomic E-state index is 12.2. The molecule has 0 aromatic rings. The van der Waals surface area contributed by atoms with E-state index in [2.05, 4.69) is 0 Å². The van der Waals surface area contributed by atoms with Crippen molar-refractivity contribution >= 4 is 11.8 Å². The molecule has 0 bridgehead atoms. The molecule has 232 valence electrons. The molecule has 3 rings (SSSR count). The molecule has 2 unspecified atom stereocenters. The Bertz CT molecular complexity index is 917. The fourth-order valence-corrected chi connectivity index (χ4v) is 4.94. The van der Waals surface area contributed by atoms with Gasteiger partial charge in [0, 0.05) is 0 Å². The van der Waals surface area contributed by atoms with Gasteiger partial charge in [-0.05, 0) is 0 Å². The first kappa shape index (κ1) is 32.8. The van der Waals surface area contributed by atoms with E-state index in [4.69, 9.17) is 52.4 Å². The third kappa shape index (κ3) is 5.20. The van der Waals surface area contributed by atoms with Crippen LogP contribution in [0.2, 0.25) is 0 Å². The Labute approximate surface area is 226 Å². The predicted molar refractivity (Wildman–Crippen MR) is 123 cm³/mol. The number of carbonyl (C=O) groups excluding carboxylic acids is 2. The zero-order valence-electron chi connectivity index (χ0n) is 20.9. The van der Waals surface area contributed by atoms with Crippen LogP contribution in [0.4, 0.5) is 0 Å². The summed E-state index contributed by atoms with van der Waals surface area (Å²) in [5.41, 5.74) is 21.7. The van der Waals surface area contributed by atoms with Crippen molar-refractivity contribution < 1.29 is 74.1 Å². The van der Waals surface area contributed by atoms with Crippen LogP contribution in [0.1, 0.15) is 0 Å². The number of ether oxygens (including phenoxy) is 5. The van der Waals surface area contributed by atoms with Crippen LogP contribution < -0.4 is 28.7 Å². The minimum Gasteiger partial charge on any atom is -0.394 e. The van der Waals surface area contributed by atoms with Gasteiger partial charge in [-0.25, -0.2) is 0 Å². The molecule has 3 saturated heterocycles. The molecule has 20 heteroatoms. The van der Waals surface area contributed by atoms with Crippen LogP contribution in [-0.2, 0) is 33.3 Å². The Balaban J connectivity index is 1.84. The molecule has 18 N–H and O–H groups in total. The summed E-state index contributed by atoms with van der Waals surface area (Å²) in [5.74, 6) is -3.34. The highest BCUT2D eigenvalue weighted by Gasteiger charge is 2.70. The lowest BCUT2D eigenvalue weighted by atomic mass is 9.72. The van der Waals surface area contributed by atoms with E-state index in [0.717, 1.165) is 0 Å². The van der Waals surface area contributed by atoms with E-state index in [9.17, 15) is 50.4 Å². The molecule has 3 fully saturated rings. The minimum atomic E-state index is -3.30. The van der Waals surface area contributed by atoms with Gasteiger partial charge in [0.25, 0.3) is 11.8 Å². The average Bonchev–Trinajstić information content (AvgIpc) is 2.92. The molecule has 0 aromatic heterocycles. The van der Waals surface area contributed by atoms with Crippen LogP contribution in [0.5, 0.6) is 0 Å². The second kappa shape index (κ2) is 12.3. The first-order valence-electron chi connectivity index (χ1n) is 12.1. The van der Waals surface area contributed by atoms with Gasteiger partial charge in [0.05, 0.1) is 37.9 Å². The Morgan fingerprint density at radius 1 is 0.750 bits per heavy atom. The molecule has 15 atom stereocenters. The smallest absolute Gasteiger partial charge is 0.255 e. The molecule has 0 spiro atoms. The molecular weight excluding hydrogens is 550 g/mol.